The molecule has 1 aromatic carbocycles. The van der Waals surface area contributed by atoms with Crippen molar-refractivity contribution in [2.75, 3.05) is 18.4 Å². The number of nitrogens with zero attached hydrogens (tertiary/aromatic N) is 5. The Kier molecular flexibility index (Phi) is 6.31. The van der Waals surface area contributed by atoms with Crippen molar-refractivity contribution < 1.29 is 18.9 Å². The van der Waals surface area contributed by atoms with Crippen molar-refractivity contribution in [1.29, 1.82) is 0 Å². The van der Waals surface area contributed by atoms with E-state index in [0.717, 1.165) is 29.8 Å². The van der Waals surface area contributed by atoms with Crippen molar-refractivity contribution >= 4 is 23.5 Å². The van der Waals surface area contributed by atoms with Gasteiger partial charge in [0.05, 0.1) is 5.69 Å². The Morgan fingerprint density at radius 2 is 2.03 bits per heavy atom. The number of nitrogens with one attached hydrogen (secondary N) is 2. The van der Waals surface area contributed by atoms with E-state index in [1.54, 1.807) is 31.1 Å². The molecule has 0 aliphatic carbocycles. The Bertz CT molecular complexity index is 1310. The molecule has 1 saturated heterocycles. The second kappa shape index (κ2) is 9.57. The first-order valence-corrected chi connectivity index (χ1v) is 12.0. The van der Waals surface area contributed by atoms with Gasteiger partial charge in [0.15, 0.2) is 5.76 Å². The first-order chi connectivity index (χ1) is 17.3. The van der Waals surface area contributed by atoms with Crippen LogP contribution in [0.15, 0.2) is 40.9 Å². The zero-order valence-corrected chi connectivity index (χ0v) is 20.5. The van der Waals surface area contributed by atoms with Crippen LogP contribution in [0.1, 0.15) is 42.6 Å². The highest BCUT2D eigenvalue weighted by Gasteiger charge is 2.38. The lowest BCUT2D eigenvalue weighted by atomic mass is 9.98. The molecular weight excluding hydrogens is 462 g/mol. The number of aryl methyl sites for hydroxylation is 2. The van der Waals surface area contributed by atoms with Crippen LogP contribution in [0.5, 0.6) is 0 Å². The van der Waals surface area contributed by atoms with Crippen LogP contribution < -0.4 is 10.6 Å². The van der Waals surface area contributed by atoms with Crippen LogP contribution in [-0.4, -0.2) is 55.8 Å². The summed E-state index contributed by atoms with van der Waals surface area (Å²) in [6.07, 6.45) is 0.850. The van der Waals surface area contributed by atoms with Gasteiger partial charge in [-0.05, 0) is 24.5 Å². The number of carbonyl (C=O) groups is 3. The summed E-state index contributed by atoms with van der Waals surface area (Å²) in [6, 6.07) is 10.3. The van der Waals surface area contributed by atoms with Gasteiger partial charge in [-0.15, -0.1) is 0 Å². The number of fused-ring (bicyclic) bond motifs is 2. The molecule has 0 unspecified atom stereocenters. The lowest BCUT2D eigenvalue weighted by molar-refractivity contribution is -0.148. The van der Waals surface area contributed by atoms with E-state index < -0.39 is 12.0 Å². The molecule has 36 heavy (non-hydrogen) atoms. The molecule has 0 saturated carbocycles. The van der Waals surface area contributed by atoms with Crippen molar-refractivity contribution in [3.63, 3.8) is 0 Å². The van der Waals surface area contributed by atoms with Gasteiger partial charge in [0.2, 0.25) is 11.8 Å². The second-order valence-corrected chi connectivity index (χ2v) is 9.37. The molecule has 11 nitrogen and oxygen atoms in total. The topological polar surface area (TPSA) is 126 Å². The first kappa shape index (κ1) is 23.7. The fourth-order valence-corrected chi connectivity index (χ4v) is 4.70. The van der Waals surface area contributed by atoms with Gasteiger partial charge in [-0.2, -0.15) is 5.10 Å². The summed E-state index contributed by atoms with van der Waals surface area (Å²) in [5.74, 6) is -0.506. The van der Waals surface area contributed by atoms with E-state index in [-0.39, 0.29) is 24.1 Å². The fourth-order valence-electron chi connectivity index (χ4n) is 4.70. The molecular formula is C25H29N7O4. The number of hydrogen-bond donors (Lipinski definition) is 2. The predicted octanol–water partition coefficient (Wildman–Crippen LogP) is 2.17. The quantitative estimate of drug-likeness (QED) is 0.541. The van der Waals surface area contributed by atoms with Crippen LogP contribution in [0, 0.1) is 12.8 Å². The Balaban J connectivity index is 1.25. The average molecular weight is 492 g/mol. The van der Waals surface area contributed by atoms with Gasteiger partial charge in [-0.3, -0.25) is 24.1 Å². The van der Waals surface area contributed by atoms with Crippen molar-refractivity contribution in [2.24, 2.45) is 13.0 Å². The molecule has 2 N–H and O–H groups in total. The molecule has 2 aliphatic heterocycles. The molecule has 2 aromatic heterocycles. The van der Waals surface area contributed by atoms with E-state index in [1.165, 1.54) is 4.68 Å². The molecule has 1 fully saturated rings. The maximum Gasteiger partial charge on any atom is 0.264 e. The highest BCUT2D eigenvalue weighted by molar-refractivity contribution is 5.95. The minimum Gasteiger partial charge on any atom is -0.354 e. The lowest BCUT2D eigenvalue weighted by Gasteiger charge is -2.28. The monoisotopic (exact) mass is 491 g/mol. The van der Waals surface area contributed by atoms with Gasteiger partial charge in [-0.25, -0.2) is 5.01 Å². The third kappa shape index (κ3) is 4.61. The van der Waals surface area contributed by atoms with E-state index in [9.17, 15) is 14.4 Å². The second-order valence-electron chi connectivity index (χ2n) is 9.37. The average Bonchev–Trinajstić information content (AvgIpc) is 3.56. The number of hydrazine groups is 1. The van der Waals surface area contributed by atoms with Crippen molar-refractivity contribution in [2.45, 2.75) is 39.3 Å². The summed E-state index contributed by atoms with van der Waals surface area (Å²) in [4.78, 5) is 39.2. The van der Waals surface area contributed by atoms with Crippen LogP contribution in [0.25, 0.3) is 11.5 Å². The summed E-state index contributed by atoms with van der Waals surface area (Å²) < 4.78 is 6.76. The van der Waals surface area contributed by atoms with Crippen molar-refractivity contribution in [1.82, 2.24) is 30.3 Å². The lowest BCUT2D eigenvalue weighted by Crippen LogP contribution is -2.46. The summed E-state index contributed by atoms with van der Waals surface area (Å²) in [7, 11) is 1.70. The largest absolute Gasteiger partial charge is 0.354 e. The minimum absolute atomic E-state index is 0.0494. The van der Waals surface area contributed by atoms with Gasteiger partial charge >= 0.3 is 0 Å². The summed E-state index contributed by atoms with van der Waals surface area (Å²) >= 11 is 0. The first-order valence-electron chi connectivity index (χ1n) is 12.0. The van der Waals surface area contributed by atoms with Gasteiger partial charge in [-0.1, -0.05) is 36.3 Å². The molecule has 4 heterocycles. The molecule has 5 rings (SSSR count). The molecule has 0 spiro atoms. The van der Waals surface area contributed by atoms with Crippen LogP contribution in [0.3, 0.4) is 0 Å². The SMILES string of the molecule is Cc1cc(-c2cc(NC(=O)C[C@@H](C)C(=O)N[C@@H]3C(=O)N4CCCN4Cc4ccccc43)n(C)n2)on1. The van der Waals surface area contributed by atoms with Gasteiger partial charge in [0.1, 0.15) is 17.6 Å². The number of aromatic nitrogens is 3. The number of benzene rings is 1. The van der Waals surface area contributed by atoms with E-state index >= 15 is 0 Å². The Morgan fingerprint density at radius 3 is 2.81 bits per heavy atom. The number of amides is 3. The van der Waals surface area contributed by atoms with Crippen molar-refractivity contribution in [3.8, 4) is 11.5 Å². The summed E-state index contributed by atoms with van der Waals surface area (Å²) in [5, 5.41) is 17.7. The number of hydrogen-bond acceptors (Lipinski definition) is 7. The van der Waals surface area contributed by atoms with Crippen LogP contribution in [-0.2, 0) is 28.0 Å². The van der Waals surface area contributed by atoms with Crippen LogP contribution >= 0.6 is 0 Å². The highest BCUT2D eigenvalue weighted by atomic mass is 16.5. The molecule has 188 valence electrons. The Labute approximate surface area is 208 Å². The molecule has 3 amide bonds. The number of rotatable bonds is 6. The standard InChI is InChI=1S/C25H29N7O4/c1-15(11-22(33)26-21-13-19(28-30(21)3)20-12-16(2)29-36-20)24(34)27-23-18-8-5-4-7-17(18)14-31-9-6-10-32(31)25(23)35/h4-5,7-8,12-13,15,23H,6,9-11,14H2,1-3H3,(H,26,33)(H,27,34)/t15-,23+/m1/s1. The smallest absolute Gasteiger partial charge is 0.264 e. The Morgan fingerprint density at radius 1 is 1.22 bits per heavy atom. The van der Waals surface area contributed by atoms with E-state index in [2.05, 4.69) is 20.9 Å². The summed E-state index contributed by atoms with van der Waals surface area (Å²) in [6.45, 7) is 5.57. The minimum atomic E-state index is -0.785. The van der Waals surface area contributed by atoms with Gasteiger partial charge in [0, 0.05) is 51.2 Å². The third-order valence-corrected chi connectivity index (χ3v) is 6.60. The predicted molar refractivity (Wildman–Crippen MR) is 130 cm³/mol. The highest BCUT2D eigenvalue weighted by Crippen LogP contribution is 2.30. The Hall–Kier alpha value is -3.99. The molecule has 3 aromatic rings. The molecule has 0 radical (unpaired) electrons. The number of carbonyl (C=O) groups excluding carboxylic acids is 3. The molecule has 2 atom stereocenters. The van der Waals surface area contributed by atoms with Gasteiger partial charge in [0.25, 0.3) is 5.91 Å². The zero-order chi connectivity index (χ0) is 25.4. The molecule has 11 heteroatoms. The van der Waals surface area contributed by atoms with E-state index in [4.69, 9.17) is 4.52 Å². The normalized spacial score (nSPS) is 18.4. The fraction of sp³-hybridized carbons (Fsp3) is 0.400. The molecule has 2 aliphatic rings. The summed E-state index contributed by atoms with van der Waals surface area (Å²) in [5.41, 5.74) is 3.08. The maximum atomic E-state index is 13.3. The maximum absolute atomic E-state index is 13.3. The zero-order valence-electron chi connectivity index (χ0n) is 20.5. The van der Waals surface area contributed by atoms with Crippen molar-refractivity contribution in [3.05, 3.63) is 53.2 Å². The molecule has 0 bridgehead atoms. The van der Waals surface area contributed by atoms with Gasteiger partial charge < -0.3 is 15.2 Å². The van der Waals surface area contributed by atoms with E-state index in [1.807, 2.05) is 36.2 Å². The third-order valence-electron chi connectivity index (χ3n) is 6.60. The number of anilines is 1. The van der Waals surface area contributed by atoms with E-state index in [0.29, 0.717) is 30.4 Å². The van der Waals surface area contributed by atoms with Crippen LogP contribution in [0.2, 0.25) is 0 Å². The van der Waals surface area contributed by atoms with Crippen LogP contribution in [0.4, 0.5) is 5.82 Å².